The fourth-order valence-corrected chi connectivity index (χ4v) is 6.93. The summed E-state index contributed by atoms with van der Waals surface area (Å²) in [6.45, 7) is 11.0. The van der Waals surface area contributed by atoms with E-state index in [1.807, 2.05) is 61.5 Å². The van der Waals surface area contributed by atoms with Gasteiger partial charge in [-0.2, -0.15) is 0 Å². The van der Waals surface area contributed by atoms with Gasteiger partial charge in [0.1, 0.15) is 5.75 Å². The molecular formula is C44H35N3O. The number of aromatic nitrogens is 1. The summed E-state index contributed by atoms with van der Waals surface area (Å²) < 4.78 is 9.40. The molecule has 0 radical (unpaired) electrons. The summed E-state index contributed by atoms with van der Waals surface area (Å²) in [4.78, 5) is 10.1. The molecule has 0 fully saturated rings. The molecule has 0 bridgehead atoms. The molecule has 6 aromatic carbocycles. The summed E-state index contributed by atoms with van der Waals surface area (Å²) in [7, 11) is 0. The predicted octanol–water partition coefficient (Wildman–Crippen LogP) is 11.1. The summed E-state index contributed by atoms with van der Waals surface area (Å²) in [5, 5.41) is 2.42. The van der Waals surface area contributed by atoms with Crippen molar-refractivity contribution in [1.82, 2.24) is 4.57 Å². The molecule has 7 aromatic rings. The minimum atomic E-state index is -0.345. The van der Waals surface area contributed by atoms with Gasteiger partial charge in [-0.1, -0.05) is 142 Å². The Balaban J connectivity index is 1.29. The van der Waals surface area contributed by atoms with Crippen LogP contribution in [-0.4, -0.2) is 16.1 Å². The fourth-order valence-electron chi connectivity index (χ4n) is 6.93. The summed E-state index contributed by atoms with van der Waals surface area (Å²) in [6.07, 6.45) is 0. The highest BCUT2D eigenvalue weighted by Crippen LogP contribution is 2.52. The van der Waals surface area contributed by atoms with Crippen LogP contribution in [0.1, 0.15) is 48.6 Å². The molecule has 0 N–H and O–H groups in total. The Morgan fingerprint density at radius 2 is 1.12 bits per heavy atom. The van der Waals surface area contributed by atoms with Crippen LogP contribution in [0.4, 0.5) is 0 Å². The van der Waals surface area contributed by atoms with Gasteiger partial charge in [0.2, 0.25) is 0 Å². The van der Waals surface area contributed by atoms with Crippen LogP contribution in [0, 0.1) is 0 Å². The second kappa shape index (κ2) is 11.7. The second-order valence-corrected chi connectivity index (χ2v) is 12.7. The maximum Gasteiger partial charge on any atom is 0.160 e. The molecule has 0 amide bonds. The van der Waals surface area contributed by atoms with E-state index in [0.717, 1.165) is 61.7 Å². The van der Waals surface area contributed by atoms with E-state index in [2.05, 4.69) is 116 Å². The molecule has 4 heteroatoms. The lowest BCUT2D eigenvalue weighted by Crippen LogP contribution is -2.25. The maximum atomic E-state index is 7.07. The molecule has 0 atom stereocenters. The maximum absolute atomic E-state index is 7.07. The lowest BCUT2D eigenvalue weighted by atomic mass is 9.75. The van der Waals surface area contributed by atoms with Gasteiger partial charge in [0.05, 0.1) is 22.4 Å². The highest BCUT2D eigenvalue weighted by Gasteiger charge is 2.37. The van der Waals surface area contributed by atoms with Gasteiger partial charge < -0.3 is 9.30 Å². The molecule has 0 saturated carbocycles. The molecule has 1 aliphatic heterocycles. The first kappa shape index (κ1) is 29.4. The van der Waals surface area contributed by atoms with Crippen molar-refractivity contribution in [1.29, 1.82) is 0 Å². The molecule has 8 rings (SSSR count). The van der Waals surface area contributed by atoms with E-state index in [4.69, 9.17) is 14.7 Å². The second-order valence-electron chi connectivity index (χ2n) is 12.7. The number of hydrogen-bond donors (Lipinski definition) is 0. The molecule has 4 nitrogen and oxygen atoms in total. The van der Waals surface area contributed by atoms with E-state index < -0.39 is 0 Å². The van der Waals surface area contributed by atoms with Gasteiger partial charge in [0.15, 0.2) is 11.6 Å². The van der Waals surface area contributed by atoms with E-state index in [9.17, 15) is 0 Å². The van der Waals surface area contributed by atoms with Crippen molar-refractivity contribution < 1.29 is 4.74 Å². The zero-order valence-corrected chi connectivity index (χ0v) is 27.3. The highest BCUT2D eigenvalue weighted by molar-refractivity contribution is 6.13. The summed E-state index contributed by atoms with van der Waals surface area (Å²) >= 11 is 0. The smallest absolute Gasteiger partial charge is 0.160 e. The van der Waals surface area contributed by atoms with Gasteiger partial charge in [-0.15, -0.1) is 0 Å². The van der Waals surface area contributed by atoms with Crippen LogP contribution in [0.5, 0.6) is 11.5 Å². The summed E-state index contributed by atoms with van der Waals surface area (Å²) in [5.41, 5.74) is 9.42. The highest BCUT2D eigenvalue weighted by atomic mass is 16.5. The normalized spacial score (nSPS) is 14.0. The Labute approximate surface area is 281 Å². The number of para-hydroxylation sites is 4. The predicted molar refractivity (Wildman–Crippen MR) is 200 cm³/mol. The lowest BCUT2D eigenvalue weighted by Gasteiger charge is -2.36. The van der Waals surface area contributed by atoms with Crippen molar-refractivity contribution in [2.45, 2.75) is 26.2 Å². The molecule has 1 aliphatic rings. The largest absolute Gasteiger partial charge is 0.454 e. The fraction of sp³-hybridized carbons (Fsp3) is 0.0909. The number of rotatable bonds is 5. The Morgan fingerprint density at radius 3 is 1.77 bits per heavy atom. The minimum absolute atomic E-state index is 0.345. The Kier molecular flexibility index (Phi) is 7.14. The Morgan fingerprint density at radius 1 is 0.583 bits per heavy atom. The molecule has 0 saturated heterocycles. The molecule has 1 aromatic heterocycles. The van der Waals surface area contributed by atoms with Crippen LogP contribution < -0.4 is 4.74 Å². The Bertz CT molecular complexity index is 2360. The standard InChI is InChI=1S/C44H35N3O/c1-29(31-17-7-5-8-18-31)45-43(32-19-9-6-10-20-32)46-30(2)33-23-15-24-36-41(33)48-42-37(44(36,3)4)25-16-28-40(42)47-38-26-13-11-21-34(38)35-22-12-14-27-39(35)47/h5-28H,2H2,1,3-4H3. The minimum Gasteiger partial charge on any atom is -0.454 e. The number of benzene rings is 6. The number of ether oxygens (including phenoxy) is 1. The topological polar surface area (TPSA) is 38.9 Å². The van der Waals surface area contributed by atoms with Crippen molar-refractivity contribution in [2.24, 2.45) is 9.98 Å². The van der Waals surface area contributed by atoms with Gasteiger partial charge in [-0.25, -0.2) is 9.98 Å². The van der Waals surface area contributed by atoms with Crippen LogP contribution in [0.3, 0.4) is 0 Å². The third kappa shape index (κ3) is 4.85. The van der Waals surface area contributed by atoms with Crippen LogP contribution in [0.15, 0.2) is 162 Å². The molecule has 0 spiro atoms. The van der Waals surface area contributed by atoms with E-state index >= 15 is 0 Å². The van der Waals surface area contributed by atoms with Crippen molar-refractivity contribution in [3.63, 3.8) is 0 Å². The third-order valence-electron chi connectivity index (χ3n) is 9.43. The summed E-state index contributed by atoms with van der Waals surface area (Å²) in [5.74, 6) is 2.21. The molecule has 0 aliphatic carbocycles. The number of aliphatic imine (C=N–C) groups is 2. The van der Waals surface area contributed by atoms with E-state index in [0.29, 0.717) is 11.5 Å². The zero-order valence-electron chi connectivity index (χ0n) is 27.3. The van der Waals surface area contributed by atoms with Crippen LogP contribution >= 0.6 is 0 Å². The lowest BCUT2D eigenvalue weighted by molar-refractivity contribution is 0.415. The molecular weight excluding hydrogens is 587 g/mol. The monoisotopic (exact) mass is 621 g/mol. The molecule has 0 unspecified atom stereocenters. The van der Waals surface area contributed by atoms with Crippen molar-refractivity contribution in [3.05, 3.63) is 180 Å². The van der Waals surface area contributed by atoms with Crippen molar-refractivity contribution in [3.8, 4) is 17.2 Å². The van der Waals surface area contributed by atoms with E-state index in [1.165, 1.54) is 10.8 Å². The molecule has 2 heterocycles. The third-order valence-corrected chi connectivity index (χ3v) is 9.43. The van der Waals surface area contributed by atoms with Crippen LogP contribution in [0.25, 0.3) is 33.2 Å². The first-order valence-electron chi connectivity index (χ1n) is 16.3. The van der Waals surface area contributed by atoms with E-state index in [-0.39, 0.29) is 5.41 Å². The van der Waals surface area contributed by atoms with Gasteiger partial charge >= 0.3 is 0 Å². The van der Waals surface area contributed by atoms with Gasteiger partial charge in [-0.3, -0.25) is 0 Å². The first-order chi connectivity index (χ1) is 23.4. The van der Waals surface area contributed by atoms with E-state index in [1.54, 1.807) is 0 Å². The number of amidine groups is 1. The average molecular weight is 622 g/mol. The van der Waals surface area contributed by atoms with Crippen LogP contribution in [0.2, 0.25) is 0 Å². The quantitative estimate of drug-likeness (QED) is 0.139. The first-order valence-corrected chi connectivity index (χ1v) is 16.3. The molecule has 48 heavy (non-hydrogen) atoms. The SMILES string of the molecule is C=C(N=C(N=C(C)c1ccccc1)c1ccccc1)c1cccc2c1Oc1c(-n3c4ccccc4c4ccccc43)cccc1C2(C)C. The van der Waals surface area contributed by atoms with Gasteiger partial charge in [0, 0.05) is 44.2 Å². The van der Waals surface area contributed by atoms with Crippen LogP contribution in [-0.2, 0) is 5.41 Å². The zero-order chi connectivity index (χ0) is 32.8. The van der Waals surface area contributed by atoms with Crippen molar-refractivity contribution >= 4 is 39.1 Å². The average Bonchev–Trinajstić information content (AvgIpc) is 3.46. The van der Waals surface area contributed by atoms with Crippen molar-refractivity contribution in [2.75, 3.05) is 0 Å². The Hall–Kier alpha value is -6.00. The van der Waals surface area contributed by atoms with Gasteiger partial charge in [0.25, 0.3) is 0 Å². The number of fused-ring (bicyclic) bond motifs is 5. The summed E-state index contributed by atoms with van der Waals surface area (Å²) in [6, 6.07) is 50.1. The molecule has 232 valence electrons. The number of hydrogen-bond acceptors (Lipinski definition) is 2. The number of nitrogens with zero attached hydrogens (tertiary/aromatic N) is 3. The van der Waals surface area contributed by atoms with Gasteiger partial charge in [-0.05, 0) is 36.8 Å².